The fourth-order valence-corrected chi connectivity index (χ4v) is 15.4. The van der Waals surface area contributed by atoms with Gasteiger partial charge in [-0.05, 0) is 184 Å². The average molecular weight is 1750 g/mol. The van der Waals surface area contributed by atoms with Crippen LogP contribution in [0.3, 0.4) is 0 Å². The largest absolute Gasteiger partial charge is 0.858 e. The van der Waals surface area contributed by atoms with Crippen LogP contribution in [0.25, 0.3) is 0 Å². The second kappa shape index (κ2) is 46.5. The molecule has 0 aromatic heterocycles. The lowest BCUT2D eigenvalue weighted by atomic mass is 10.1. The van der Waals surface area contributed by atoms with Gasteiger partial charge in [0.15, 0.2) is 39.5 Å². The zero-order chi connectivity index (χ0) is 85.1. The van der Waals surface area contributed by atoms with Crippen molar-refractivity contribution in [1.82, 2.24) is 0 Å². The topological polar surface area (TPSA) is 362 Å². The predicted octanol–water partition coefficient (Wildman–Crippen LogP) is 12.5. The van der Waals surface area contributed by atoms with E-state index in [4.69, 9.17) is 59.4 Å². The highest BCUT2D eigenvalue weighted by atomic mass is 35.5. The zero-order valence-corrected chi connectivity index (χ0v) is 67.6. The maximum absolute atomic E-state index is 11.1. The van der Waals surface area contributed by atoms with Gasteiger partial charge < -0.3 is 53.8 Å². The van der Waals surface area contributed by atoms with Crippen molar-refractivity contribution < 1.29 is 97.6 Å². The van der Waals surface area contributed by atoms with E-state index < -0.39 is 75.8 Å². The minimum atomic E-state index is -6.09. The summed E-state index contributed by atoms with van der Waals surface area (Å²) < 4.78 is 105. The van der Waals surface area contributed by atoms with Crippen LogP contribution in [0.2, 0.25) is 20.1 Å². The normalized spacial score (nSPS) is 11.7. The zero-order valence-electron chi connectivity index (χ0n) is 59.7. The van der Waals surface area contributed by atoms with Crippen molar-refractivity contribution in [2.45, 2.75) is 64.9 Å². The number of hydrogen-bond acceptors (Lipinski definition) is 19. The number of carboxylic acids is 4. The van der Waals surface area contributed by atoms with E-state index in [2.05, 4.69) is 120 Å². The number of aryl methyl sites for hydroxylation is 2. The standard InChI is InChI=1S/C19H15Cl2S.C18H13Cl2S.C9H10O2.2C8H6O3.C7H5NO3S.C7H6O2.C6H6O2S2.CHF3O3S/c1-14-2-8-17(9-3-14)22(18-10-4-15(20)5-11-18)19-12-6-16(21)7-13-19;19-14-6-10-17(11-7-14)21(16-4-2-1-3-5-16)18-12-8-15(20)9-13-18;1-7-2-4-8(5-3-7)6-9(10)11;2*9-7(8(10)11)6-4-2-1-3-5-6;9-7-5-3-1-2-4-6(5)12(10,11)8-7;8-7(9)6-4-2-1-3-5-6;7-10(8,9)6-4-2-1-3-5-6;2-1(3,4)8(5,6)7/h2-13H,1H3;1-13H;2-5H,6H2,1H3,(H,10,11);2*1-5H,(H,10,11);1-4H,(H,8,9);1-5H,(H,8,9);1-5H,(H,7,8,9);(H,5,6,7)/q2*+1;;;;;;;/p-7. The number of fused-ring (bicyclic) bond motifs is 1. The lowest BCUT2D eigenvalue weighted by molar-refractivity contribution is -0.305. The Morgan fingerprint density at radius 1 is 0.409 bits per heavy atom. The van der Waals surface area contributed by atoms with E-state index in [9.17, 15) is 84.7 Å². The van der Waals surface area contributed by atoms with Crippen molar-refractivity contribution in [2.75, 3.05) is 0 Å². The van der Waals surface area contributed by atoms with E-state index in [1.165, 1.54) is 95.6 Å². The molecular formula is C83H61Cl4F3NO18S6-5. The van der Waals surface area contributed by atoms with Gasteiger partial charge in [-0.1, -0.05) is 240 Å². The van der Waals surface area contributed by atoms with E-state index in [0.717, 1.165) is 31.2 Å². The minimum Gasteiger partial charge on any atom is -0.858 e. The highest BCUT2D eigenvalue weighted by Gasteiger charge is 2.37. The second-order valence-electron chi connectivity index (χ2n) is 22.7. The van der Waals surface area contributed by atoms with E-state index in [0.29, 0.717) is 0 Å². The van der Waals surface area contributed by atoms with E-state index in [-0.39, 0.29) is 60.3 Å². The fraction of sp³-hybridized carbons (Fsp3) is 0.0482. The third kappa shape index (κ3) is 33.3. The molecule has 0 fully saturated rings. The first-order chi connectivity index (χ1) is 54.3. The molecule has 115 heavy (non-hydrogen) atoms. The van der Waals surface area contributed by atoms with Crippen molar-refractivity contribution in [2.24, 2.45) is 4.40 Å². The molecule has 0 radical (unpaired) electrons. The third-order valence-electron chi connectivity index (χ3n) is 14.3. The van der Waals surface area contributed by atoms with E-state index in [1.54, 1.807) is 97.1 Å². The summed E-state index contributed by atoms with van der Waals surface area (Å²) in [5.41, 5.74) is -1.79. The van der Waals surface area contributed by atoms with Crippen LogP contribution in [0.15, 0.2) is 365 Å². The molecule has 32 heteroatoms. The Kier molecular flexibility index (Phi) is 38.3. The summed E-state index contributed by atoms with van der Waals surface area (Å²) in [6.07, 6.45) is 0.000278. The summed E-state index contributed by atoms with van der Waals surface area (Å²) in [7, 11) is -13.5. The van der Waals surface area contributed by atoms with Crippen molar-refractivity contribution in [3.8, 4) is 0 Å². The molecule has 0 amide bonds. The van der Waals surface area contributed by atoms with Gasteiger partial charge in [-0.2, -0.15) is 26.0 Å². The van der Waals surface area contributed by atoms with Gasteiger partial charge >= 0.3 is 5.51 Å². The highest BCUT2D eigenvalue weighted by molar-refractivity contribution is 8.29. The molecule has 1 heterocycles. The number of benzene rings is 12. The van der Waals surface area contributed by atoms with Crippen LogP contribution in [-0.2, 0) is 82.7 Å². The third-order valence-corrected chi connectivity index (χ3v) is 23.0. The summed E-state index contributed by atoms with van der Waals surface area (Å²) in [6.45, 7) is 4.06. The van der Waals surface area contributed by atoms with Gasteiger partial charge in [-0.25, -0.2) is 8.42 Å². The number of carbonyl (C=O) groups excluding carboxylic acids is 6. The summed E-state index contributed by atoms with van der Waals surface area (Å²) in [6, 6.07) is 96.4. The van der Waals surface area contributed by atoms with Gasteiger partial charge in [0, 0.05) is 60.0 Å². The van der Waals surface area contributed by atoms with Crippen molar-refractivity contribution in [3.63, 3.8) is 0 Å². The molecule has 596 valence electrons. The van der Waals surface area contributed by atoms with Crippen LogP contribution in [0.1, 0.15) is 53.3 Å². The molecule has 0 aliphatic carbocycles. The van der Waals surface area contributed by atoms with E-state index in [1.807, 2.05) is 73.7 Å². The Bertz CT molecular complexity index is 5340. The Morgan fingerprint density at radius 3 is 0.948 bits per heavy atom. The minimum absolute atomic E-state index is 0.000278. The summed E-state index contributed by atoms with van der Waals surface area (Å²) in [5, 5.41) is 54.3. The summed E-state index contributed by atoms with van der Waals surface area (Å²) in [4.78, 5) is 69.4. The Balaban J connectivity index is 0.000000236. The molecular weight excluding hydrogens is 1690 g/mol. The monoisotopic (exact) mass is 1750 g/mol. The van der Waals surface area contributed by atoms with Crippen LogP contribution >= 0.6 is 46.4 Å². The van der Waals surface area contributed by atoms with Gasteiger partial charge in [0.25, 0.3) is 10.0 Å². The maximum atomic E-state index is 11.1. The summed E-state index contributed by atoms with van der Waals surface area (Å²) >= 11 is 28.3. The number of sulfonamides is 1. The number of carbonyl (C=O) groups is 6. The molecule has 12 aromatic carbocycles. The maximum Gasteiger partial charge on any atom is 0.485 e. The molecule has 12 aromatic rings. The van der Waals surface area contributed by atoms with Crippen LogP contribution < -0.4 is 25.5 Å². The molecule has 0 saturated heterocycles. The van der Waals surface area contributed by atoms with Crippen LogP contribution in [0, 0.1) is 13.8 Å². The van der Waals surface area contributed by atoms with Gasteiger partial charge in [0.05, 0.1) is 32.7 Å². The number of hydrogen-bond donors (Lipinski definition) is 0. The van der Waals surface area contributed by atoms with Gasteiger partial charge in [0.2, 0.25) is 11.6 Å². The number of carboxylic acid groups (broad SMARTS) is 4. The molecule has 13 rings (SSSR count). The molecule has 0 N–H and O–H groups in total. The SMILES string of the molecule is Cc1ccc(CC(=O)[O-])cc1.Cc1ccc([S+](c2ccc(Cl)cc2)c2ccc(Cl)cc2)cc1.Clc1ccc([S+](c2ccccc2)c2ccc(Cl)cc2)cc1.O=C([O-])C(=O)c1ccccc1.O=C([O-])C(=O)c1ccccc1.O=C([O-])c1ccccc1.O=S(=O)([O-])C(F)(F)F.O=S([O-])(=S)c1ccccc1.O=S1(=O)N=C([O-])c2ccccc21. The van der Waals surface area contributed by atoms with Gasteiger partial charge in [-0.3, -0.25) is 13.8 Å². The van der Waals surface area contributed by atoms with Crippen LogP contribution in [0.5, 0.6) is 0 Å². The number of aliphatic carboxylic acids is 3. The quantitative estimate of drug-likeness (QED) is 0.0321. The number of halogens is 7. The predicted molar refractivity (Wildman–Crippen MR) is 427 cm³/mol. The first-order valence-electron chi connectivity index (χ1n) is 32.7. The Labute approximate surface area is 691 Å². The number of Topliss-reactive ketones (excluding diaryl/α,β-unsaturated/α-hetero) is 2. The number of ketones is 2. The lowest BCUT2D eigenvalue weighted by Crippen LogP contribution is -2.31. The number of rotatable bonds is 14. The smallest absolute Gasteiger partial charge is 0.485 e. The molecule has 0 saturated carbocycles. The fourth-order valence-electron chi connectivity index (χ4n) is 8.85. The molecule has 0 spiro atoms. The number of alkyl halides is 3. The van der Waals surface area contributed by atoms with Crippen molar-refractivity contribution in [1.29, 1.82) is 0 Å². The Morgan fingerprint density at radius 2 is 0.678 bits per heavy atom. The number of aromatic carboxylic acids is 1. The highest BCUT2D eigenvalue weighted by Crippen LogP contribution is 2.35. The van der Waals surface area contributed by atoms with Crippen LogP contribution in [0.4, 0.5) is 13.2 Å². The first kappa shape index (κ1) is 94.8. The molecule has 0 bridgehead atoms. The molecule has 1 aliphatic rings. The second-order valence-corrected chi connectivity index (χ2v) is 34.2. The molecule has 1 unspecified atom stereocenters. The van der Waals surface area contributed by atoms with Crippen molar-refractivity contribution >= 4 is 150 Å². The average Bonchev–Trinajstić information content (AvgIpc) is 1.36. The Hall–Kier alpha value is -10.8. The molecule has 19 nitrogen and oxygen atoms in total. The molecule has 1 atom stereocenters. The van der Waals surface area contributed by atoms with E-state index >= 15 is 0 Å². The number of nitrogens with zero attached hydrogens (tertiary/aromatic N) is 1. The lowest BCUT2D eigenvalue weighted by Gasteiger charge is -2.08. The first-order valence-corrected chi connectivity index (χ1v) is 41.9. The van der Waals surface area contributed by atoms with Gasteiger partial charge in [0.1, 0.15) is 11.9 Å². The van der Waals surface area contributed by atoms with Gasteiger partial charge in [-0.15, -0.1) is 0 Å². The van der Waals surface area contributed by atoms with Crippen LogP contribution in [-0.4, -0.2) is 77.0 Å². The molecule has 1 aliphatic heterocycles. The summed E-state index contributed by atoms with van der Waals surface area (Å²) in [5.74, 6) is -8.14. The van der Waals surface area contributed by atoms with Crippen molar-refractivity contribution in [3.05, 3.63) is 381 Å².